The molecule has 0 aliphatic rings. The number of hydrogen-bond acceptors (Lipinski definition) is 6. The van der Waals surface area contributed by atoms with E-state index in [1.807, 2.05) is 25.1 Å². The summed E-state index contributed by atoms with van der Waals surface area (Å²) in [5.41, 5.74) is 0.839. The van der Waals surface area contributed by atoms with Crippen molar-refractivity contribution < 1.29 is 28.7 Å². The number of hydrogen-bond donors (Lipinski definition) is 2. The summed E-state index contributed by atoms with van der Waals surface area (Å²) >= 11 is 0. The number of alkyl carbamates (subject to hydrolysis) is 1. The van der Waals surface area contributed by atoms with E-state index in [0.29, 0.717) is 18.5 Å². The maximum Gasteiger partial charge on any atom is 0.408 e. The number of carbonyl (C=O) groups excluding carboxylic acids is 4. The number of aryl methyl sites for hydroxylation is 1. The third-order valence-corrected chi connectivity index (χ3v) is 5.16. The number of amides is 3. The lowest BCUT2D eigenvalue weighted by Gasteiger charge is -2.32. The van der Waals surface area contributed by atoms with Gasteiger partial charge in [0, 0.05) is 6.54 Å². The highest BCUT2D eigenvalue weighted by Gasteiger charge is 2.32. The van der Waals surface area contributed by atoms with Crippen LogP contribution < -0.4 is 10.6 Å². The van der Waals surface area contributed by atoms with Crippen LogP contribution in [-0.2, 0) is 23.9 Å². The summed E-state index contributed by atoms with van der Waals surface area (Å²) in [6, 6.07) is 6.34. The fourth-order valence-corrected chi connectivity index (χ4v) is 3.49. The van der Waals surface area contributed by atoms with Crippen LogP contribution in [0.5, 0.6) is 0 Å². The van der Waals surface area contributed by atoms with Crippen LogP contribution in [0, 0.1) is 6.92 Å². The minimum absolute atomic E-state index is 0.313. The first-order valence-electron chi connectivity index (χ1n) is 12.2. The van der Waals surface area contributed by atoms with E-state index < -0.39 is 35.5 Å². The second-order valence-corrected chi connectivity index (χ2v) is 9.47. The van der Waals surface area contributed by atoms with Crippen molar-refractivity contribution in [3.63, 3.8) is 0 Å². The van der Waals surface area contributed by atoms with E-state index in [1.165, 1.54) is 12.0 Å². The van der Waals surface area contributed by atoms with Gasteiger partial charge in [0.15, 0.2) is 0 Å². The topological polar surface area (TPSA) is 114 Å². The molecule has 0 aliphatic carbocycles. The maximum atomic E-state index is 13.3. The number of nitrogens with zero attached hydrogens (tertiary/aromatic N) is 1. The molecular weight excluding hydrogens is 450 g/mol. The molecule has 196 valence electrons. The Kier molecular flexibility index (Phi) is 12.8. The zero-order chi connectivity index (χ0) is 26.4. The van der Waals surface area contributed by atoms with Gasteiger partial charge in [-0.05, 0) is 39.7 Å². The Bertz CT molecular complexity index is 850. The Hall–Kier alpha value is -3.10. The van der Waals surface area contributed by atoms with E-state index in [9.17, 15) is 19.2 Å². The number of esters is 1. The van der Waals surface area contributed by atoms with Crippen molar-refractivity contribution >= 4 is 23.9 Å². The van der Waals surface area contributed by atoms with Crippen LogP contribution in [0.1, 0.15) is 77.0 Å². The van der Waals surface area contributed by atoms with Gasteiger partial charge in [-0.3, -0.25) is 14.4 Å². The number of methoxy groups -OCH3 is 1. The molecule has 0 aromatic heterocycles. The minimum Gasteiger partial charge on any atom is -0.468 e. The van der Waals surface area contributed by atoms with E-state index in [4.69, 9.17) is 4.74 Å². The standard InChI is InChI=1S/C26H41N3O6/c1-7-8-9-10-11-15-29(21(30)17-28-25(33)35-26(3,4)5)23(20-14-12-13-19(2)16-20)24(32)27-18-22(31)34-6/h12-14,16,23H,7-11,15,17-18H2,1-6H3,(H,27,32)(H,28,33). The molecule has 9 nitrogen and oxygen atoms in total. The lowest BCUT2D eigenvalue weighted by atomic mass is 10.0. The predicted molar refractivity (Wildman–Crippen MR) is 134 cm³/mol. The van der Waals surface area contributed by atoms with Gasteiger partial charge in [0.2, 0.25) is 11.8 Å². The molecule has 0 bridgehead atoms. The fourth-order valence-electron chi connectivity index (χ4n) is 3.49. The maximum absolute atomic E-state index is 13.3. The molecule has 9 heteroatoms. The van der Waals surface area contributed by atoms with Crippen LogP contribution in [0.25, 0.3) is 0 Å². The summed E-state index contributed by atoms with van der Waals surface area (Å²) < 4.78 is 9.85. The van der Waals surface area contributed by atoms with Gasteiger partial charge in [-0.15, -0.1) is 0 Å². The lowest BCUT2D eigenvalue weighted by Crippen LogP contribution is -2.48. The highest BCUT2D eigenvalue weighted by atomic mass is 16.6. The summed E-state index contributed by atoms with van der Waals surface area (Å²) in [4.78, 5) is 51.8. The van der Waals surface area contributed by atoms with Crippen molar-refractivity contribution in [2.24, 2.45) is 0 Å². The quantitative estimate of drug-likeness (QED) is 0.322. The molecule has 0 radical (unpaired) electrons. The SMILES string of the molecule is CCCCCCCN(C(=O)CNC(=O)OC(C)(C)C)C(C(=O)NCC(=O)OC)c1cccc(C)c1. The van der Waals surface area contributed by atoms with Gasteiger partial charge in [0.05, 0.1) is 7.11 Å². The summed E-state index contributed by atoms with van der Waals surface area (Å²) in [7, 11) is 1.24. The van der Waals surface area contributed by atoms with Gasteiger partial charge in [-0.25, -0.2) is 4.79 Å². The first kappa shape index (κ1) is 29.9. The lowest BCUT2D eigenvalue weighted by molar-refractivity contribution is -0.143. The van der Waals surface area contributed by atoms with Crippen LogP contribution in [0.15, 0.2) is 24.3 Å². The zero-order valence-corrected chi connectivity index (χ0v) is 21.9. The fraction of sp³-hybridized carbons (Fsp3) is 0.615. The summed E-state index contributed by atoms with van der Waals surface area (Å²) in [5.74, 6) is -1.52. The zero-order valence-electron chi connectivity index (χ0n) is 21.9. The highest BCUT2D eigenvalue weighted by Crippen LogP contribution is 2.23. The molecule has 0 saturated carbocycles. The van der Waals surface area contributed by atoms with Crippen molar-refractivity contribution in [3.05, 3.63) is 35.4 Å². The molecule has 0 fully saturated rings. The molecule has 1 aromatic carbocycles. The summed E-state index contributed by atoms with van der Waals surface area (Å²) in [6.45, 7) is 8.90. The van der Waals surface area contributed by atoms with Crippen LogP contribution in [0.3, 0.4) is 0 Å². The third-order valence-electron chi connectivity index (χ3n) is 5.16. The first-order valence-corrected chi connectivity index (χ1v) is 12.2. The van der Waals surface area contributed by atoms with Gasteiger partial charge in [-0.2, -0.15) is 0 Å². The molecule has 2 N–H and O–H groups in total. The van der Waals surface area contributed by atoms with E-state index in [-0.39, 0.29) is 13.1 Å². The molecule has 1 aromatic rings. The highest BCUT2D eigenvalue weighted by molar-refractivity contribution is 5.91. The summed E-state index contributed by atoms with van der Waals surface area (Å²) in [5, 5.41) is 5.06. The predicted octanol–water partition coefficient (Wildman–Crippen LogP) is 3.65. The monoisotopic (exact) mass is 491 g/mol. The number of benzene rings is 1. The van der Waals surface area contributed by atoms with Crippen LogP contribution in [0.4, 0.5) is 4.79 Å². The van der Waals surface area contributed by atoms with Crippen molar-refractivity contribution in [1.82, 2.24) is 15.5 Å². The molecule has 0 saturated heterocycles. The first-order chi connectivity index (χ1) is 16.5. The molecule has 1 unspecified atom stereocenters. The Labute approximate surface area is 208 Å². The van der Waals surface area contributed by atoms with Crippen molar-refractivity contribution in [2.75, 3.05) is 26.7 Å². The van der Waals surface area contributed by atoms with Crippen LogP contribution in [0.2, 0.25) is 0 Å². The Morgan fingerprint density at radius 3 is 2.29 bits per heavy atom. The van der Waals surface area contributed by atoms with Crippen molar-refractivity contribution in [2.45, 2.75) is 78.4 Å². The second kappa shape index (κ2) is 15.0. The number of unbranched alkanes of at least 4 members (excludes halogenated alkanes) is 4. The Balaban J connectivity index is 3.17. The number of carbonyl (C=O) groups is 4. The number of rotatable bonds is 13. The molecule has 0 heterocycles. The molecule has 1 rings (SSSR count). The smallest absolute Gasteiger partial charge is 0.408 e. The van der Waals surface area contributed by atoms with E-state index >= 15 is 0 Å². The normalized spacial score (nSPS) is 11.8. The van der Waals surface area contributed by atoms with Gasteiger partial charge in [-0.1, -0.05) is 62.4 Å². The Morgan fingerprint density at radius 1 is 1.00 bits per heavy atom. The molecule has 1 atom stereocenters. The third kappa shape index (κ3) is 11.7. The molecule has 0 aliphatic heterocycles. The van der Waals surface area contributed by atoms with Crippen LogP contribution >= 0.6 is 0 Å². The van der Waals surface area contributed by atoms with Gasteiger partial charge >= 0.3 is 12.1 Å². The van der Waals surface area contributed by atoms with Crippen molar-refractivity contribution in [1.29, 1.82) is 0 Å². The Morgan fingerprint density at radius 2 is 1.69 bits per heavy atom. The molecular formula is C26H41N3O6. The minimum atomic E-state index is -0.973. The van der Waals surface area contributed by atoms with Crippen LogP contribution in [-0.4, -0.2) is 61.1 Å². The van der Waals surface area contributed by atoms with Gasteiger partial charge in [0.25, 0.3) is 0 Å². The number of nitrogens with one attached hydrogen (secondary N) is 2. The van der Waals surface area contributed by atoms with E-state index in [1.54, 1.807) is 26.8 Å². The van der Waals surface area contributed by atoms with Gasteiger partial charge < -0.3 is 25.0 Å². The largest absolute Gasteiger partial charge is 0.468 e. The summed E-state index contributed by atoms with van der Waals surface area (Å²) in [6.07, 6.45) is 4.10. The van der Waals surface area contributed by atoms with Crippen molar-refractivity contribution in [3.8, 4) is 0 Å². The molecule has 0 spiro atoms. The molecule has 35 heavy (non-hydrogen) atoms. The number of ether oxygens (including phenoxy) is 2. The van der Waals surface area contributed by atoms with Gasteiger partial charge in [0.1, 0.15) is 24.7 Å². The molecule has 3 amide bonds. The van der Waals surface area contributed by atoms with E-state index in [2.05, 4.69) is 22.3 Å². The average molecular weight is 492 g/mol. The second-order valence-electron chi connectivity index (χ2n) is 9.47. The van der Waals surface area contributed by atoms with E-state index in [0.717, 1.165) is 31.2 Å². The average Bonchev–Trinajstić information content (AvgIpc) is 2.78.